The summed E-state index contributed by atoms with van der Waals surface area (Å²) in [6, 6.07) is 0. The zero-order valence-corrected chi connectivity index (χ0v) is 4.27. The maximum absolute atomic E-state index is 9.82. The van der Waals surface area contributed by atoms with Gasteiger partial charge in [-0.1, -0.05) is 5.11 Å². The molecule has 42 valence electrons. The molecule has 0 rings (SSSR count). The monoisotopic (exact) mass is 113 g/mol. The van der Waals surface area contributed by atoms with Gasteiger partial charge in [-0.2, -0.15) is 0 Å². The SMILES string of the molecule is B[C@H](N=[N+]=[N-])C(=O)O. The molecule has 0 heterocycles. The molecule has 0 bridgehead atoms. The topological polar surface area (TPSA) is 86.1 Å². The first-order valence-electron chi connectivity index (χ1n) is 1.95. The third kappa shape index (κ3) is 2.10. The van der Waals surface area contributed by atoms with Crippen LogP contribution < -0.4 is 0 Å². The third-order valence-corrected chi connectivity index (χ3v) is 0.582. The van der Waals surface area contributed by atoms with Crippen molar-refractivity contribution < 1.29 is 9.90 Å². The van der Waals surface area contributed by atoms with E-state index in [9.17, 15) is 4.79 Å². The number of azide groups is 1. The molecule has 0 aromatic heterocycles. The number of aliphatic carboxylic acids is 1. The van der Waals surface area contributed by atoms with Gasteiger partial charge in [-0.15, -0.1) is 0 Å². The van der Waals surface area contributed by atoms with Crippen LogP contribution in [0.3, 0.4) is 0 Å². The molecule has 0 aliphatic carbocycles. The van der Waals surface area contributed by atoms with Gasteiger partial charge >= 0.3 is 5.97 Å². The number of carboxylic acid groups (broad SMARTS) is 1. The van der Waals surface area contributed by atoms with Crippen molar-refractivity contribution in [2.45, 2.75) is 5.94 Å². The normalized spacial score (nSPS) is 11.5. The Morgan fingerprint density at radius 1 is 2.00 bits per heavy atom. The van der Waals surface area contributed by atoms with Crippen LogP contribution in [0.25, 0.3) is 10.4 Å². The van der Waals surface area contributed by atoms with Crippen molar-refractivity contribution in [1.82, 2.24) is 0 Å². The third-order valence-electron chi connectivity index (χ3n) is 0.582. The van der Waals surface area contributed by atoms with Gasteiger partial charge < -0.3 is 5.11 Å². The Labute approximate surface area is 46.3 Å². The Bertz CT molecular complexity index is 138. The van der Waals surface area contributed by atoms with Gasteiger partial charge in [-0.05, 0) is 5.53 Å². The molecule has 6 heteroatoms. The van der Waals surface area contributed by atoms with E-state index in [0.29, 0.717) is 0 Å². The predicted molar refractivity (Wildman–Crippen MR) is 29.1 cm³/mol. The zero-order chi connectivity index (χ0) is 6.57. The van der Waals surface area contributed by atoms with Gasteiger partial charge in [0.15, 0.2) is 0 Å². The molecule has 1 N–H and O–H groups in total. The lowest BCUT2D eigenvalue weighted by Gasteiger charge is -1.90. The standard InChI is InChI=1S/C2H4BN3O2/c3-1(2(7)8)5-6-4/h1H,3H2,(H,7,8)/t1-/m1/s1. The number of nitrogens with zero attached hydrogens (tertiary/aromatic N) is 3. The highest BCUT2D eigenvalue weighted by Crippen LogP contribution is 1.82. The molecule has 0 amide bonds. The highest BCUT2D eigenvalue weighted by Gasteiger charge is 2.05. The van der Waals surface area contributed by atoms with E-state index in [1.807, 2.05) is 0 Å². The maximum atomic E-state index is 9.82. The zero-order valence-electron chi connectivity index (χ0n) is 4.27. The fourth-order valence-electron chi connectivity index (χ4n) is 0.127. The summed E-state index contributed by atoms with van der Waals surface area (Å²) in [6.45, 7) is 0. The minimum Gasteiger partial charge on any atom is -0.481 e. The van der Waals surface area contributed by atoms with Crippen molar-refractivity contribution in [2.24, 2.45) is 5.11 Å². The van der Waals surface area contributed by atoms with Crippen LogP contribution in [0, 0.1) is 0 Å². The highest BCUT2D eigenvalue weighted by atomic mass is 16.4. The van der Waals surface area contributed by atoms with Gasteiger partial charge in [-0.25, -0.2) is 0 Å². The van der Waals surface area contributed by atoms with Gasteiger partial charge in [0.2, 0.25) is 0 Å². The summed E-state index contributed by atoms with van der Waals surface area (Å²) in [5.41, 5.74) is 7.68. The number of carbonyl (C=O) groups is 1. The van der Waals surface area contributed by atoms with Gasteiger partial charge in [0.05, 0.1) is 0 Å². The lowest BCUT2D eigenvalue weighted by Crippen LogP contribution is -2.16. The summed E-state index contributed by atoms with van der Waals surface area (Å²) >= 11 is 0. The average molecular weight is 113 g/mol. The number of rotatable bonds is 2. The smallest absolute Gasteiger partial charge is 0.304 e. The Balaban J connectivity index is 3.82. The summed E-state index contributed by atoms with van der Waals surface area (Å²) in [5.74, 6) is -2.07. The van der Waals surface area contributed by atoms with Crippen LogP contribution in [0.5, 0.6) is 0 Å². The molecule has 0 unspecified atom stereocenters. The molecule has 5 nitrogen and oxygen atoms in total. The molecule has 0 aliphatic rings. The van der Waals surface area contributed by atoms with Crippen LogP contribution in [0.2, 0.25) is 0 Å². The minimum absolute atomic E-state index is 0.958. The first-order valence-corrected chi connectivity index (χ1v) is 1.95. The fourth-order valence-corrected chi connectivity index (χ4v) is 0.127. The van der Waals surface area contributed by atoms with E-state index in [1.165, 1.54) is 7.85 Å². The van der Waals surface area contributed by atoms with Crippen molar-refractivity contribution in [1.29, 1.82) is 0 Å². The molecule has 0 saturated heterocycles. The van der Waals surface area contributed by atoms with E-state index in [0.717, 1.165) is 0 Å². The summed E-state index contributed by atoms with van der Waals surface area (Å²) in [4.78, 5) is 12.1. The van der Waals surface area contributed by atoms with Gasteiger partial charge in [-0.3, -0.25) is 4.79 Å². The second kappa shape index (κ2) is 2.93. The highest BCUT2D eigenvalue weighted by molar-refractivity contribution is 6.22. The van der Waals surface area contributed by atoms with Crippen LogP contribution in [-0.4, -0.2) is 24.9 Å². The molecule has 0 aromatic carbocycles. The lowest BCUT2D eigenvalue weighted by molar-refractivity contribution is -0.136. The molecule has 1 atom stereocenters. The largest absolute Gasteiger partial charge is 0.481 e. The molecule has 0 aromatic rings. The van der Waals surface area contributed by atoms with Crippen LogP contribution in [0.15, 0.2) is 5.11 Å². The van der Waals surface area contributed by atoms with Gasteiger partial charge in [0.25, 0.3) is 0 Å². The van der Waals surface area contributed by atoms with E-state index >= 15 is 0 Å². The van der Waals surface area contributed by atoms with Crippen LogP contribution in [0.4, 0.5) is 0 Å². The molecule has 0 spiro atoms. The lowest BCUT2D eigenvalue weighted by atomic mass is 9.98. The summed E-state index contributed by atoms with van der Waals surface area (Å²) in [7, 11) is 1.31. The van der Waals surface area contributed by atoms with Gasteiger partial charge in [0, 0.05) is 4.91 Å². The van der Waals surface area contributed by atoms with E-state index in [-0.39, 0.29) is 0 Å². The van der Waals surface area contributed by atoms with Crippen molar-refractivity contribution in [3.8, 4) is 0 Å². The van der Waals surface area contributed by atoms with E-state index in [1.54, 1.807) is 0 Å². The number of hydrogen-bond acceptors (Lipinski definition) is 2. The second-order valence-corrected chi connectivity index (χ2v) is 1.22. The Morgan fingerprint density at radius 3 is 2.62 bits per heavy atom. The quantitative estimate of drug-likeness (QED) is 0.223. The summed E-state index contributed by atoms with van der Waals surface area (Å²) in [5, 5.41) is 11.0. The van der Waals surface area contributed by atoms with Crippen LogP contribution >= 0.6 is 0 Å². The first-order chi connectivity index (χ1) is 3.68. The fraction of sp³-hybridized carbons (Fsp3) is 0.500. The molecule has 0 radical (unpaired) electrons. The van der Waals surface area contributed by atoms with E-state index in [4.69, 9.17) is 10.6 Å². The Hall–Kier alpha value is -1.16. The first kappa shape index (κ1) is 6.84. The van der Waals surface area contributed by atoms with Crippen LogP contribution in [-0.2, 0) is 4.79 Å². The minimum atomic E-state index is -1.11. The van der Waals surface area contributed by atoms with E-state index < -0.39 is 11.9 Å². The molecule has 8 heavy (non-hydrogen) atoms. The Kier molecular flexibility index (Phi) is 2.51. The molecule has 0 aliphatic heterocycles. The van der Waals surface area contributed by atoms with Gasteiger partial charge in [0.1, 0.15) is 13.8 Å². The Morgan fingerprint density at radius 2 is 2.50 bits per heavy atom. The molecule has 0 saturated carbocycles. The van der Waals surface area contributed by atoms with Crippen molar-refractivity contribution >= 4 is 13.8 Å². The summed E-state index contributed by atoms with van der Waals surface area (Å²) < 4.78 is 0. The number of hydrogen-bond donors (Lipinski definition) is 1. The van der Waals surface area contributed by atoms with Crippen LogP contribution in [0.1, 0.15) is 0 Å². The van der Waals surface area contributed by atoms with Crippen molar-refractivity contribution in [3.05, 3.63) is 10.4 Å². The number of carboxylic acids is 1. The molecule has 0 fully saturated rings. The second-order valence-electron chi connectivity index (χ2n) is 1.22. The van der Waals surface area contributed by atoms with E-state index in [2.05, 4.69) is 10.0 Å². The predicted octanol–water partition coefficient (Wildman–Crippen LogP) is -0.660. The molecular formula is C2H4BN3O2. The maximum Gasteiger partial charge on any atom is 0.304 e. The average Bonchev–Trinajstić information content (AvgIpc) is 1.67. The van der Waals surface area contributed by atoms with Crippen molar-refractivity contribution in [3.63, 3.8) is 0 Å². The molecular weight excluding hydrogens is 109 g/mol. The van der Waals surface area contributed by atoms with Crippen molar-refractivity contribution in [2.75, 3.05) is 0 Å². The summed E-state index contributed by atoms with van der Waals surface area (Å²) in [6.07, 6.45) is 0.